The molecule has 0 amide bonds. The Balaban J connectivity index is 2.43. The summed E-state index contributed by atoms with van der Waals surface area (Å²) >= 11 is 0. The van der Waals surface area contributed by atoms with E-state index in [-0.39, 0.29) is 6.42 Å². The maximum absolute atomic E-state index is 13.5. The van der Waals surface area contributed by atoms with Crippen molar-refractivity contribution in [3.63, 3.8) is 0 Å². The summed E-state index contributed by atoms with van der Waals surface area (Å²) in [7, 11) is 0. The Kier molecular flexibility index (Phi) is 12.6. The second kappa shape index (κ2) is 15.8. The number of carbonyl (C=O) groups excluding carboxylic acids is 6. The summed E-state index contributed by atoms with van der Waals surface area (Å²) in [6.07, 6.45) is -0.641. The van der Waals surface area contributed by atoms with Gasteiger partial charge in [-0.15, -0.1) is 0 Å². The second-order valence-electron chi connectivity index (χ2n) is 13.6. The van der Waals surface area contributed by atoms with Crippen LogP contribution in [0.2, 0.25) is 0 Å². The third-order valence-electron chi connectivity index (χ3n) is 8.90. The number of ether oxygens (including phenoxy) is 6. The summed E-state index contributed by atoms with van der Waals surface area (Å²) in [6.45, 7) is 14.8. The fraction of sp³-hybridized carbons (Fsp3) is 0.568. The smallest absolute Gasteiger partial charge is 0.338 e. The van der Waals surface area contributed by atoms with Crippen molar-refractivity contribution >= 4 is 35.8 Å². The molecule has 9 atom stereocenters. The lowest BCUT2D eigenvalue weighted by molar-refractivity contribution is -0.196. The number of carbonyl (C=O) groups is 6. The summed E-state index contributed by atoms with van der Waals surface area (Å²) in [5.74, 6) is -6.08. The molecular weight excluding hydrogens is 636 g/mol. The first-order chi connectivity index (χ1) is 22.8. The average Bonchev–Trinajstić information content (AvgIpc) is 3.23. The molecule has 0 aliphatic heterocycles. The second-order valence-corrected chi connectivity index (χ2v) is 13.6. The topological polar surface area (TPSA) is 158 Å². The van der Waals surface area contributed by atoms with Crippen LogP contribution in [0.3, 0.4) is 0 Å². The number of rotatable bonds is 7. The molecule has 0 spiro atoms. The van der Waals surface area contributed by atoms with Crippen LogP contribution in [0.5, 0.6) is 0 Å². The van der Waals surface area contributed by atoms with Crippen LogP contribution in [-0.4, -0.2) is 71.9 Å². The fourth-order valence-electron chi connectivity index (χ4n) is 7.02. The van der Waals surface area contributed by atoms with Crippen molar-refractivity contribution in [2.75, 3.05) is 0 Å². The number of hydrogen-bond acceptors (Lipinski definition) is 12. The molecule has 2 aliphatic rings. The van der Waals surface area contributed by atoms with E-state index in [2.05, 4.69) is 0 Å². The average molecular weight is 685 g/mol. The highest BCUT2D eigenvalue weighted by atomic mass is 16.6. The lowest BCUT2D eigenvalue weighted by atomic mass is 9.74. The molecule has 1 saturated carbocycles. The predicted octanol–water partition coefficient (Wildman–Crippen LogP) is 5.08. The molecule has 49 heavy (non-hydrogen) atoms. The van der Waals surface area contributed by atoms with Crippen LogP contribution in [0.4, 0.5) is 0 Å². The van der Waals surface area contributed by atoms with E-state index < -0.39 is 95.1 Å². The SMILES string of the molecule is CC(=O)O[C@H]1[C@H](OC(C)=O)/C(C)=C\[C@H]2[C@@H](OC(=O)c3ccccc3)[C@@H](C)C[C@]2(OC(C)=O)[C@H](OC(C)=O)[C@@H](C)/C=C/C(C)(C)[C@@H]1OC(C)=O. The Morgan fingerprint density at radius 3 is 1.78 bits per heavy atom. The van der Waals surface area contributed by atoms with E-state index in [0.29, 0.717) is 11.1 Å². The monoisotopic (exact) mass is 684 g/mol. The van der Waals surface area contributed by atoms with Crippen LogP contribution in [0, 0.1) is 23.2 Å². The minimum absolute atomic E-state index is 0.120. The molecule has 12 nitrogen and oxygen atoms in total. The van der Waals surface area contributed by atoms with Crippen molar-refractivity contribution in [1.29, 1.82) is 0 Å². The van der Waals surface area contributed by atoms with Crippen molar-refractivity contribution in [1.82, 2.24) is 0 Å². The van der Waals surface area contributed by atoms with Crippen LogP contribution in [0.25, 0.3) is 0 Å². The first-order valence-corrected chi connectivity index (χ1v) is 16.3. The molecule has 0 N–H and O–H groups in total. The normalized spacial score (nSPS) is 32.7. The van der Waals surface area contributed by atoms with Gasteiger partial charge in [-0.2, -0.15) is 0 Å². The lowest BCUT2D eigenvalue weighted by Crippen LogP contribution is -2.56. The van der Waals surface area contributed by atoms with E-state index >= 15 is 0 Å². The van der Waals surface area contributed by atoms with Crippen LogP contribution < -0.4 is 0 Å². The first kappa shape index (κ1) is 39.0. The van der Waals surface area contributed by atoms with Crippen molar-refractivity contribution in [2.24, 2.45) is 23.2 Å². The minimum atomic E-state index is -1.58. The lowest BCUT2D eigenvalue weighted by Gasteiger charge is -2.44. The van der Waals surface area contributed by atoms with E-state index in [9.17, 15) is 28.8 Å². The van der Waals surface area contributed by atoms with Gasteiger partial charge in [-0.05, 0) is 37.0 Å². The summed E-state index contributed by atoms with van der Waals surface area (Å²) in [5, 5.41) is 0. The number of hydrogen-bond donors (Lipinski definition) is 0. The van der Waals surface area contributed by atoms with E-state index in [1.165, 1.54) is 34.6 Å². The Morgan fingerprint density at radius 1 is 0.694 bits per heavy atom. The molecule has 268 valence electrons. The fourth-order valence-corrected chi connectivity index (χ4v) is 7.02. The molecule has 2 aliphatic carbocycles. The maximum atomic E-state index is 13.5. The van der Waals surface area contributed by atoms with Crippen LogP contribution in [0.15, 0.2) is 54.1 Å². The third kappa shape index (κ3) is 9.36. The maximum Gasteiger partial charge on any atom is 0.338 e. The van der Waals surface area contributed by atoms with Gasteiger partial charge in [-0.25, -0.2) is 4.79 Å². The van der Waals surface area contributed by atoms with Gasteiger partial charge in [0.2, 0.25) is 0 Å². The van der Waals surface area contributed by atoms with Crippen LogP contribution >= 0.6 is 0 Å². The van der Waals surface area contributed by atoms with E-state index in [1.54, 1.807) is 76.3 Å². The molecule has 0 heterocycles. The highest BCUT2D eigenvalue weighted by molar-refractivity contribution is 5.89. The van der Waals surface area contributed by atoms with Crippen LogP contribution in [0.1, 0.15) is 86.0 Å². The number of fused-ring (bicyclic) bond motifs is 1. The van der Waals surface area contributed by atoms with Gasteiger partial charge in [0.05, 0.1) is 11.5 Å². The Hall–Kier alpha value is -4.48. The Morgan fingerprint density at radius 2 is 1.24 bits per heavy atom. The highest BCUT2D eigenvalue weighted by Gasteiger charge is 2.62. The summed E-state index contributed by atoms with van der Waals surface area (Å²) in [6, 6.07) is 8.37. The molecule has 0 saturated heterocycles. The van der Waals surface area contributed by atoms with Crippen molar-refractivity contribution in [3.05, 3.63) is 59.7 Å². The zero-order valence-corrected chi connectivity index (χ0v) is 29.8. The molecule has 3 rings (SSSR count). The van der Waals surface area contributed by atoms with Gasteiger partial charge in [0.25, 0.3) is 0 Å². The number of esters is 6. The van der Waals surface area contributed by atoms with Gasteiger partial charge in [-0.3, -0.25) is 24.0 Å². The largest absolute Gasteiger partial charge is 0.458 e. The van der Waals surface area contributed by atoms with Crippen molar-refractivity contribution in [2.45, 2.75) is 112 Å². The van der Waals surface area contributed by atoms with Crippen molar-refractivity contribution < 1.29 is 57.2 Å². The predicted molar refractivity (Wildman–Crippen MR) is 175 cm³/mol. The zero-order valence-electron chi connectivity index (χ0n) is 29.8. The van der Waals surface area contributed by atoms with Gasteiger partial charge in [0.1, 0.15) is 12.2 Å². The van der Waals surface area contributed by atoms with E-state index in [1.807, 2.05) is 6.92 Å². The molecular formula is C37H48O12. The molecule has 12 heteroatoms. The molecule has 1 aromatic carbocycles. The van der Waals surface area contributed by atoms with Gasteiger partial charge >= 0.3 is 35.8 Å². The molecule has 1 aromatic rings. The van der Waals surface area contributed by atoms with Gasteiger partial charge in [0.15, 0.2) is 23.9 Å². The summed E-state index contributed by atoms with van der Waals surface area (Å²) in [5.41, 5.74) is -2.05. The Labute approximate surface area is 287 Å². The van der Waals surface area contributed by atoms with Gasteiger partial charge in [0, 0.05) is 46.0 Å². The van der Waals surface area contributed by atoms with Crippen molar-refractivity contribution in [3.8, 4) is 0 Å². The number of benzene rings is 1. The molecule has 0 bridgehead atoms. The summed E-state index contributed by atoms with van der Waals surface area (Å²) in [4.78, 5) is 76.8. The third-order valence-corrected chi connectivity index (χ3v) is 8.90. The minimum Gasteiger partial charge on any atom is -0.458 e. The molecule has 1 fully saturated rings. The molecule has 0 aromatic heterocycles. The zero-order chi connectivity index (χ0) is 36.8. The molecule has 0 unspecified atom stereocenters. The van der Waals surface area contributed by atoms with Gasteiger partial charge in [-0.1, -0.05) is 64.1 Å². The molecule has 0 radical (unpaired) electrons. The standard InChI is InChI=1S/C37H48O12/c1-20-16-17-36(9,10)34(47-26(7)41)32(45-24(5)39)31(44-23(4)38)21(2)18-29-30(48-35(43)28-14-12-11-13-15-28)22(3)19-37(29,49-27(8)42)33(20)46-25(6)40/h11-18,20,22,29-34H,19H2,1-10H3/b17-16+,21-18-/t20-,22-,29-,30-,31+,32-,33+,34+,37+/m0/s1. The summed E-state index contributed by atoms with van der Waals surface area (Å²) < 4.78 is 35.8. The highest BCUT2D eigenvalue weighted by Crippen LogP contribution is 2.51. The van der Waals surface area contributed by atoms with Gasteiger partial charge < -0.3 is 28.4 Å². The van der Waals surface area contributed by atoms with E-state index in [0.717, 1.165) is 0 Å². The Bertz CT molecular complexity index is 1480. The first-order valence-electron chi connectivity index (χ1n) is 16.3. The van der Waals surface area contributed by atoms with E-state index in [4.69, 9.17) is 28.4 Å². The quantitative estimate of drug-likeness (QED) is 0.214. The van der Waals surface area contributed by atoms with Crippen LogP contribution in [-0.2, 0) is 52.4 Å².